The Hall–Kier alpha value is -3.10. The van der Waals surface area contributed by atoms with E-state index < -0.39 is 12.0 Å². The second-order valence-corrected chi connectivity index (χ2v) is 12.2. The van der Waals surface area contributed by atoms with E-state index in [1.165, 1.54) is 11.6 Å². The van der Waals surface area contributed by atoms with Crippen molar-refractivity contribution in [3.63, 3.8) is 0 Å². The van der Waals surface area contributed by atoms with Gasteiger partial charge in [-0.1, -0.05) is 32.0 Å². The molecule has 1 aliphatic heterocycles. The Bertz CT molecular complexity index is 1260. The second kappa shape index (κ2) is 12.6. The lowest BCUT2D eigenvalue weighted by molar-refractivity contribution is -0.145. The van der Waals surface area contributed by atoms with Crippen molar-refractivity contribution in [1.29, 1.82) is 0 Å². The van der Waals surface area contributed by atoms with Crippen molar-refractivity contribution in [1.82, 2.24) is 25.0 Å². The lowest BCUT2D eigenvalue weighted by atomic mass is 9.87. The van der Waals surface area contributed by atoms with E-state index in [1.807, 2.05) is 39.2 Å². The number of aromatic nitrogens is 3. The number of hydrogen-bond donors (Lipinski definition) is 2. The smallest absolute Gasteiger partial charge is 0.321 e. The van der Waals surface area contributed by atoms with Crippen LogP contribution in [-0.2, 0) is 11.2 Å². The summed E-state index contributed by atoms with van der Waals surface area (Å²) < 4.78 is 14.2. The summed E-state index contributed by atoms with van der Waals surface area (Å²) in [5.41, 5.74) is 4.46. The molecular weight excluding hydrogens is 505 g/mol. The van der Waals surface area contributed by atoms with Gasteiger partial charge in [0.15, 0.2) is 0 Å². The van der Waals surface area contributed by atoms with Crippen LogP contribution in [0.4, 0.5) is 4.39 Å². The molecular formula is C32H42FN5O2. The van der Waals surface area contributed by atoms with Crippen LogP contribution in [-0.4, -0.2) is 74.8 Å². The van der Waals surface area contributed by atoms with Gasteiger partial charge >= 0.3 is 5.97 Å². The number of piperidine rings is 1. The Labute approximate surface area is 236 Å². The van der Waals surface area contributed by atoms with Crippen LogP contribution in [0, 0.1) is 17.7 Å². The number of aliphatic carboxylic acids is 1. The Morgan fingerprint density at radius 1 is 1.18 bits per heavy atom. The van der Waals surface area contributed by atoms with Gasteiger partial charge in [0.1, 0.15) is 11.9 Å². The average Bonchev–Trinajstić information content (AvgIpc) is 3.57. The Kier molecular flexibility index (Phi) is 8.96. The van der Waals surface area contributed by atoms with E-state index >= 15 is 0 Å². The van der Waals surface area contributed by atoms with E-state index in [0.717, 1.165) is 68.7 Å². The van der Waals surface area contributed by atoms with E-state index in [9.17, 15) is 14.3 Å². The van der Waals surface area contributed by atoms with Gasteiger partial charge in [0.2, 0.25) is 0 Å². The maximum Gasteiger partial charge on any atom is 0.321 e. The van der Waals surface area contributed by atoms with Gasteiger partial charge in [0.25, 0.3) is 0 Å². The van der Waals surface area contributed by atoms with Crippen molar-refractivity contribution in [2.24, 2.45) is 11.8 Å². The molecule has 0 bridgehead atoms. The lowest BCUT2D eigenvalue weighted by Gasteiger charge is -2.35. The summed E-state index contributed by atoms with van der Waals surface area (Å²) in [4.78, 5) is 20.9. The average molecular weight is 548 g/mol. The molecule has 0 radical (unpaired) electrons. The van der Waals surface area contributed by atoms with Crippen LogP contribution < -0.4 is 0 Å². The van der Waals surface area contributed by atoms with E-state index in [2.05, 4.69) is 37.1 Å². The maximum atomic E-state index is 14.2. The fourth-order valence-corrected chi connectivity index (χ4v) is 7.08. The minimum absolute atomic E-state index is 0.0140. The van der Waals surface area contributed by atoms with Crippen LogP contribution in [0.3, 0.4) is 0 Å². The molecule has 8 heteroatoms. The van der Waals surface area contributed by atoms with E-state index in [4.69, 9.17) is 0 Å². The molecule has 3 aromatic rings. The normalized spacial score (nSPS) is 23.2. The topological polar surface area (TPSA) is 85.4 Å². The molecule has 1 aliphatic carbocycles. The van der Waals surface area contributed by atoms with Crippen molar-refractivity contribution in [3.8, 4) is 0 Å². The number of aromatic amines is 1. The number of benzene rings is 1. The molecule has 40 heavy (non-hydrogen) atoms. The molecule has 214 valence electrons. The molecule has 3 heterocycles. The molecule has 7 nitrogen and oxygen atoms in total. The quantitative estimate of drug-likeness (QED) is 0.358. The van der Waals surface area contributed by atoms with Gasteiger partial charge in [0.05, 0.1) is 5.69 Å². The SMILES string of the molecule is CC(C)[C@H](C(=O)O)N(C)[C@H]1C[C@H](CN2CCC(c3cc(Cc4cccnc4)[nH]n3)CC2)[C@@H](c2cccc(F)c2)C1. The summed E-state index contributed by atoms with van der Waals surface area (Å²) in [5, 5.41) is 17.8. The maximum absolute atomic E-state index is 14.2. The molecule has 0 spiro atoms. The Morgan fingerprint density at radius 3 is 2.65 bits per heavy atom. The van der Waals surface area contributed by atoms with Crippen LogP contribution in [0.5, 0.6) is 0 Å². The van der Waals surface area contributed by atoms with Crippen LogP contribution in [0.1, 0.15) is 73.9 Å². The third-order valence-corrected chi connectivity index (χ3v) is 9.11. The van der Waals surface area contributed by atoms with Crippen LogP contribution in [0.25, 0.3) is 0 Å². The zero-order valence-corrected chi connectivity index (χ0v) is 23.8. The number of nitrogens with one attached hydrogen (secondary N) is 1. The van der Waals surface area contributed by atoms with E-state index in [0.29, 0.717) is 11.8 Å². The zero-order valence-electron chi connectivity index (χ0n) is 23.8. The standard InChI is InChI=1S/C32H42FN5O2/c1-21(2)31(32(39)40)37(3)28-16-25(29(18-28)24-7-4-8-26(33)15-24)20-38-12-9-23(10-13-38)30-17-27(35-36-30)14-22-6-5-11-34-19-22/h4-8,11,15,17,19,21,23,25,28-29,31H,9-10,12-14,16,18,20H2,1-3H3,(H,35,36)(H,39,40)/t25-,28+,29-,31-/m1/s1. The van der Waals surface area contributed by atoms with Gasteiger partial charge < -0.3 is 10.0 Å². The largest absolute Gasteiger partial charge is 0.480 e. The van der Waals surface area contributed by atoms with Gasteiger partial charge in [-0.2, -0.15) is 5.10 Å². The molecule has 2 aliphatic rings. The summed E-state index contributed by atoms with van der Waals surface area (Å²) in [6.45, 7) is 6.90. The minimum atomic E-state index is -0.771. The van der Waals surface area contributed by atoms with Crippen molar-refractivity contribution >= 4 is 5.97 Å². The molecule has 2 aromatic heterocycles. The summed E-state index contributed by atoms with van der Waals surface area (Å²) in [5.74, 6) is 0.0421. The molecule has 0 amide bonds. The fraction of sp³-hybridized carbons (Fsp3) is 0.531. The number of rotatable bonds is 10. The molecule has 0 unspecified atom stereocenters. The number of hydrogen-bond acceptors (Lipinski definition) is 5. The number of pyridine rings is 1. The first-order valence-corrected chi connectivity index (χ1v) is 14.6. The minimum Gasteiger partial charge on any atom is -0.480 e. The number of H-pyrrole nitrogens is 1. The van der Waals surface area contributed by atoms with Gasteiger partial charge in [-0.05, 0) is 99.0 Å². The predicted octanol–water partition coefficient (Wildman–Crippen LogP) is 5.32. The molecule has 2 N–H and O–H groups in total. The molecule has 4 atom stereocenters. The Morgan fingerprint density at radius 2 is 1.98 bits per heavy atom. The number of carboxylic acid groups (broad SMARTS) is 1. The molecule has 2 fully saturated rings. The number of carbonyl (C=O) groups is 1. The number of likely N-dealkylation sites (tertiary alicyclic amines) is 1. The number of carboxylic acids is 1. The highest BCUT2D eigenvalue weighted by Gasteiger charge is 2.41. The zero-order chi connectivity index (χ0) is 28.2. The van der Waals surface area contributed by atoms with Crippen molar-refractivity contribution in [2.45, 2.75) is 69.9 Å². The summed E-state index contributed by atoms with van der Waals surface area (Å²) >= 11 is 0. The number of likely N-dealkylation sites (N-methyl/N-ethyl adjacent to an activating group) is 1. The first-order valence-electron chi connectivity index (χ1n) is 14.6. The van der Waals surface area contributed by atoms with E-state index in [-0.39, 0.29) is 23.7 Å². The summed E-state index contributed by atoms with van der Waals surface area (Å²) in [6.07, 6.45) is 8.39. The number of halogens is 1. The monoisotopic (exact) mass is 547 g/mol. The van der Waals surface area contributed by atoms with Crippen molar-refractivity contribution < 1.29 is 14.3 Å². The fourth-order valence-electron chi connectivity index (χ4n) is 7.08. The third-order valence-electron chi connectivity index (χ3n) is 9.11. The highest BCUT2D eigenvalue weighted by molar-refractivity contribution is 5.73. The molecule has 1 aromatic carbocycles. The van der Waals surface area contributed by atoms with Crippen molar-refractivity contribution in [2.75, 3.05) is 26.7 Å². The van der Waals surface area contributed by atoms with Gasteiger partial charge in [-0.25, -0.2) is 4.39 Å². The molecule has 1 saturated carbocycles. The highest BCUT2D eigenvalue weighted by Crippen LogP contribution is 2.43. The second-order valence-electron chi connectivity index (χ2n) is 12.2. The van der Waals surface area contributed by atoms with Gasteiger partial charge in [0, 0.05) is 43.0 Å². The lowest BCUT2D eigenvalue weighted by Crippen LogP contribution is -2.47. The molecule has 5 rings (SSSR count). The van der Waals surface area contributed by atoms with Crippen LogP contribution in [0.15, 0.2) is 54.9 Å². The van der Waals surface area contributed by atoms with Crippen LogP contribution in [0.2, 0.25) is 0 Å². The predicted molar refractivity (Wildman–Crippen MR) is 154 cm³/mol. The first-order chi connectivity index (χ1) is 19.3. The van der Waals surface area contributed by atoms with Gasteiger partial charge in [-0.15, -0.1) is 0 Å². The molecule has 1 saturated heterocycles. The van der Waals surface area contributed by atoms with Crippen LogP contribution >= 0.6 is 0 Å². The van der Waals surface area contributed by atoms with Gasteiger partial charge in [-0.3, -0.25) is 19.8 Å². The number of nitrogens with zero attached hydrogens (tertiary/aromatic N) is 4. The van der Waals surface area contributed by atoms with Crippen molar-refractivity contribution in [3.05, 3.63) is 83.2 Å². The Balaban J connectivity index is 1.23. The summed E-state index contributed by atoms with van der Waals surface area (Å²) in [6, 6.07) is 12.9. The summed E-state index contributed by atoms with van der Waals surface area (Å²) in [7, 11) is 1.95. The highest BCUT2D eigenvalue weighted by atomic mass is 19.1. The third kappa shape index (κ3) is 6.61. The first kappa shape index (κ1) is 28.4. The van der Waals surface area contributed by atoms with E-state index in [1.54, 1.807) is 18.3 Å².